The lowest BCUT2D eigenvalue weighted by atomic mass is 10.1. The predicted octanol–water partition coefficient (Wildman–Crippen LogP) is 1.96. The van der Waals surface area contributed by atoms with Gasteiger partial charge in [-0.15, -0.1) is 11.8 Å². The molecule has 2 aliphatic heterocycles. The van der Waals surface area contributed by atoms with Gasteiger partial charge in [0.15, 0.2) is 0 Å². The lowest BCUT2D eigenvalue weighted by molar-refractivity contribution is -0.137. The zero-order chi connectivity index (χ0) is 19.4. The van der Waals surface area contributed by atoms with E-state index in [1.165, 1.54) is 6.07 Å². The molecule has 1 saturated heterocycles. The molecule has 0 aliphatic carbocycles. The fraction of sp³-hybridized carbons (Fsp3) is 0.529. The van der Waals surface area contributed by atoms with Gasteiger partial charge >= 0.3 is 6.18 Å². The van der Waals surface area contributed by atoms with E-state index in [4.69, 9.17) is 4.74 Å². The van der Waals surface area contributed by atoms with Crippen LogP contribution in [-0.4, -0.2) is 61.4 Å². The number of carbonyl (C=O) groups excluding carboxylic acids is 2. The molecule has 2 aliphatic rings. The number of hydrogen-bond donors (Lipinski definition) is 2. The van der Waals surface area contributed by atoms with E-state index in [-0.39, 0.29) is 18.0 Å². The molecule has 0 spiro atoms. The van der Waals surface area contributed by atoms with Crippen molar-refractivity contribution in [3.8, 4) is 0 Å². The molecule has 148 valence electrons. The van der Waals surface area contributed by atoms with Crippen molar-refractivity contribution in [1.29, 1.82) is 0 Å². The normalized spacial score (nSPS) is 20.7. The van der Waals surface area contributed by atoms with Gasteiger partial charge in [-0.25, -0.2) is 0 Å². The summed E-state index contributed by atoms with van der Waals surface area (Å²) >= 11 is 1.11. The van der Waals surface area contributed by atoms with Gasteiger partial charge < -0.3 is 15.4 Å². The second-order valence-corrected chi connectivity index (χ2v) is 7.56. The van der Waals surface area contributed by atoms with Gasteiger partial charge in [-0.05, 0) is 18.2 Å². The molecule has 0 aromatic heterocycles. The first-order valence-electron chi connectivity index (χ1n) is 8.58. The first-order chi connectivity index (χ1) is 12.8. The minimum absolute atomic E-state index is 0.0277. The monoisotopic (exact) mass is 403 g/mol. The van der Waals surface area contributed by atoms with Crippen LogP contribution in [0.25, 0.3) is 0 Å². The summed E-state index contributed by atoms with van der Waals surface area (Å²) in [6, 6.07) is 3.22. The Balaban J connectivity index is 1.51. The number of alkyl halides is 3. The first-order valence-corrected chi connectivity index (χ1v) is 9.46. The number of carbonyl (C=O) groups is 2. The molecule has 0 radical (unpaired) electrons. The maximum Gasteiger partial charge on any atom is 0.416 e. The summed E-state index contributed by atoms with van der Waals surface area (Å²) in [5, 5.41) is 4.59. The van der Waals surface area contributed by atoms with Crippen LogP contribution in [0.15, 0.2) is 23.1 Å². The quantitative estimate of drug-likeness (QED) is 0.787. The van der Waals surface area contributed by atoms with Crippen molar-refractivity contribution in [1.82, 2.24) is 10.2 Å². The van der Waals surface area contributed by atoms with Gasteiger partial charge in [-0.1, -0.05) is 0 Å². The Morgan fingerprint density at radius 3 is 2.78 bits per heavy atom. The van der Waals surface area contributed by atoms with Gasteiger partial charge in [0.25, 0.3) is 0 Å². The number of rotatable bonds is 5. The van der Waals surface area contributed by atoms with Gasteiger partial charge in [0.05, 0.1) is 29.7 Å². The maximum absolute atomic E-state index is 12.8. The summed E-state index contributed by atoms with van der Waals surface area (Å²) in [5.41, 5.74) is -0.690. The van der Waals surface area contributed by atoms with Crippen LogP contribution in [-0.2, 0) is 20.5 Å². The molecule has 1 atom stereocenters. The van der Waals surface area contributed by atoms with Crippen LogP contribution in [0.2, 0.25) is 0 Å². The maximum atomic E-state index is 12.8. The van der Waals surface area contributed by atoms with Crippen molar-refractivity contribution >= 4 is 29.3 Å². The number of anilines is 1. The number of nitrogens with zero attached hydrogens (tertiary/aromatic N) is 1. The van der Waals surface area contributed by atoms with E-state index in [0.29, 0.717) is 31.2 Å². The van der Waals surface area contributed by atoms with Crippen LogP contribution >= 0.6 is 11.8 Å². The Morgan fingerprint density at radius 1 is 1.33 bits per heavy atom. The zero-order valence-corrected chi connectivity index (χ0v) is 15.3. The van der Waals surface area contributed by atoms with Crippen LogP contribution < -0.4 is 10.6 Å². The lowest BCUT2D eigenvalue weighted by Gasteiger charge is -2.27. The second kappa shape index (κ2) is 8.49. The molecule has 2 amide bonds. The SMILES string of the molecule is O=C(CC1Sc2ccc(C(F)(F)F)cc2NC1=O)NCCN1CCOCC1. The van der Waals surface area contributed by atoms with E-state index >= 15 is 0 Å². The molecule has 1 aromatic carbocycles. The fourth-order valence-electron chi connectivity index (χ4n) is 2.88. The zero-order valence-electron chi connectivity index (χ0n) is 14.5. The van der Waals surface area contributed by atoms with E-state index in [1.807, 2.05) is 0 Å². The predicted molar refractivity (Wildman–Crippen MR) is 94.6 cm³/mol. The third kappa shape index (κ3) is 5.36. The average molecular weight is 403 g/mol. The molecule has 1 aromatic rings. The molecule has 3 rings (SSSR count). The van der Waals surface area contributed by atoms with Crippen molar-refractivity contribution in [2.24, 2.45) is 0 Å². The van der Waals surface area contributed by atoms with Crippen LogP contribution in [0, 0.1) is 0 Å². The number of hydrogen-bond acceptors (Lipinski definition) is 5. The number of nitrogens with one attached hydrogen (secondary N) is 2. The Morgan fingerprint density at radius 2 is 2.07 bits per heavy atom. The molecule has 2 heterocycles. The third-order valence-electron chi connectivity index (χ3n) is 4.35. The van der Waals surface area contributed by atoms with Crippen molar-refractivity contribution in [3.63, 3.8) is 0 Å². The largest absolute Gasteiger partial charge is 0.416 e. The number of amides is 2. The minimum Gasteiger partial charge on any atom is -0.379 e. The van der Waals surface area contributed by atoms with Crippen molar-refractivity contribution < 1.29 is 27.5 Å². The summed E-state index contributed by atoms with van der Waals surface area (Å²) in [7, 11) is 0. The molecule has 6 nitrogen and oxygen atoms in total. The summed E-state index contributed by atoms with van der Waals surface area (Å²) < 4.78 is 43.6. The molecular weight excluding hydrogens is 383 g/mol. The number of halogens is 3. The van der Waals surface area contributed by atoms with Gasteiger partial charge in [-0.3, -0.25) is 14.5 Å². The molecular formula is C17H20F3N3O3S. The van der Waals surface area contributed by atoms with E-state index < -0.39 is 22.9 Å². The van der Waals surface area contributed by atoms with E-state index in [9.17, 15) is 22.8 Å². The molecule has 1 fully saturated rings. The molecule has 0 saturated carbocycles. The van der Waals surface area contributed by atoms with Crippen LogP contribution in [0.4, 0.5) is 18.9 Å². The number of thioether (sulfide) groups is 1. The molecule has 10 heteroatoms. The summed E-state index contributed by atoms with van der Waals surface area (Å²) in [6.07, 6.45) is -4.50. The summed E-state index contributed by atoms with van der Waals surface area (Å²) in [4.78, 5) is 27.0. The topological polar surface area (TPSA) is 70.7 Å². The first kappa shape index (κ1) is 20.0. The number of morpholine rings is 1. The van der Waals surface area contributed by atoms with Gasteiger partial charge in [0.1, 0.15) is 0 Å². The minimum atomic E-state index is -4.47. The summed E-state index contributed by atoms with van der Waals surface area (Å²) in [6.45, 7) is 4.21. The van der Waals surface area contributed by atoms with Crippen LogP contribution in [0.1, 0.15) is 12.0 Å². The van der Waals surface area contributed by atoms with Crippen LogP contribution in [0.3, 0.4) is 0 Å². The Labute approximate surface area is 158 Å². The highest BCUT2D eigenvalue weighted by Crippen LogP contribution is 2.40. The highest BCUT2D eigenvalue weighted by Gasteiger charge is 2.34. The Hall–Kier alpha value is -1.78. The van der Waals surface area contributed by atoms with Gasteiger partial charge in [-0.2, -0.15) is 13.2 Å². The number of ether oxygens (including phenoxy) is 1. The number of benzene rings is 1. The van der Waals surface area contributed by atoms with Gasteiger partial charge in [0.2, 0.25) is 11.8 Å². The smallest absolute Gasteiger partial charge is 0.379 e. The number of fused-ring (bicyclic) bond motifs is 1. The van der Waals surface area contributed by atoms with Crippen molar-refractivity contribution in [3.05, 3.63) is 23.8 Å². The van der Waals surface area contributed by atoms with Crippen molar-refractivity contribution in [2.75, 3.05) is 44.7 Å². The third-order valence-corrected chi connectivity index (χ3v) is 5.63. The van der Waals surface area contributed by atoms with Gasteiger partial charge in [0, 0.05) is 37.5 Å². The average Bonchev–Trinajstić information content (AvgIpc) is 2.62. The highest BCUT2D eigenvalue weighted by atomic mass is 32.2. The van der Waals surface area contributed by atoms with E-state index in [1.54, 1.807) is 0 Å². The Bertz CT molecular complexity index is 708. The van der Waals surface area contributed by atoms with Crippen molar-refractivity contribution in [2.45, 2.75) is 22.7 Å². The van der Waals surface area contributed by atoms with E-state index in [2.05, 4.69) is 15.5 Å². The lowest BCUT2D eigenvalue weighted by Crippen LogP contribution is -2.42. The summed E-state index contributed by atoms with van der Waals surface area (Å²) in [5.74, 6) is -0.721. The molecule has 27 heavy (non-hydrogen) atoms. The molecule has 0 bridgehead atoms. The standard InChI is InChI=1S/C17H20F3N3O3S/c18-17(19,20)11-1-2-13-12(9-11)22-16(25)14(27-13)10-15(24)21-3-4-23-5-7-26-8-6-23/h1-2,9,14H,3-8,10H2,(H,21,24)(H,22,25). The Kier molecular flexibility index (Phi) is 6.28. The van der Waals surface area contributed by atoms with Crippen LogP contribution in [0.5, 0.6) is 0 Å². The fourth-order valence-corrected chi connectivity index (χ4v) is 3.97. The van der Waals surface area contributed by atoms with E-state index in [0.717, 1.165) is 37.0 Å². The molecule has 1 unspecified atom stereocenters. The highest BCUT2D eigenvalue weighted by molar-refractivity contribution is 8.01. The second-order valence-electron chi connectivity index (χ2n) is 6.31. The molecule has 2 N–H and O–H groups in total.